The molecule has 7 nitrogen and oxygen atoms in total. The fourth-order valence-electron chi connectivity index (χ4n) is 3.14. The van der Waals surface area contributed by atoms with E-state index >= 15 is 0 Å². The van der Waals surface area contributed by atoms with Crippen LogP contribution in [0.4, 0.5) is 4.79 Å². The van der Waals surface area contributed by atoms with Gasteiger partial charge in [0.15, 0.2) is 0 Å². The van der Waals surface area contributed by atoms with Gasteiger partial charge in [0.05, 0.1) is 13.0 Å². The van der Waals surface area contributed by atoms with E-state index in [1.165, 1.54) is 0 Å². The molecule has 1 saturated heterocycles. The summed E-state index contributed by atoms with van der Waals surface area (Å²) in [5, 5.41) is 1.97. The standard InChI is InChI=1S/C21H24N2O5S/c1-2-27-21(26)28-17-8-6-16(7-9-17)20(25)23-11-4-10-22(12-13-23)19(24)15-18-5-3-14-29-18/h3,5-9,14H,2,4,10-13,15H2,1H3. The second-order valence-corrected chi connectivity index (χ2v) is 7.62. The molecule has 1 aliphatic heterocycles. The van der Waals surface area contributed by atoms with Crippen molar-refractivity contribution < 1.29 is 23.9 Å². The third-order valence-electron chi connectivity index (χ3n) is 4.61. The molecule has 1 aromatic carbocycles. The minimum absolute atomic E-state index is 0.0970. The van der Waals surface area contributed by atoms with Crippen LogP contribution in [-0.4, -0.2) is 60.6 Å². The number of hydrogen-bond acceptors (Lipinski definition) is 6. The number of rotatable bonds is 5. The van der Waals surface area contributed by atoms with Crippen LogP contribution >= 0.6 is 11.3 Å². The molecule has 154 valence electrons. The van der Waals surface area contributed by atoms with Crippen LogP contribution in [0.15, 0.2) is 41.8 Å². The Morgan fingerprint density at radius 2 is 1.72 bits per heavy atom. The summed E-state index contributed by atoms with van der Waals surface area (Å²) in [6.07, 6.45) is 0.380. The highest BCUT2D eigenvalue weighted by Gasteiger charge is 2.23. The van der Waals surface area contributed by atoms with E-state index in [1.54, 1.807) is 47.4 Å². The normalized spacial score (nSPS) is 14.2. The molecule has 0 radical (unpaired) electrons. The molecular formula is C21H24N2O5S. The Kier molecular flexibility index (Phi) is 7.24. The first-order valence-corrected chi connectivity index (χ1v) is 10.5. The molecule has 3 rings (SSSR count). The molecule has 1 aromatic heterocycles. The van der Waals surface area contributed by atoms with Crippen LogP contribution in [0.25, 0.3) is 0 Å². The maximum Gasteiger partial charge on any atom is 0.513 e. The zero-order valence-corrected chi connectivity index (χ0v) is 17.2. The van der Waals surface area contributed by atoms with Gasteiger partial charge in [0.1, 0.15) is 5.75 Å². The fourth-order valence-corrected chi connectivity index (χ4v) is 3.83. The van der Waals surface area contributed by atoms with Crippen LogP contribution in [-0.2, 0) is 16.0 Å². The van der Waals surface area contributed by atoms with Crippen molar-refractivity contribution in [2.45, 2.75) is 19.8 Å². The van der Waals surface area contributed by atoms with E-state index in [2.05, 4.69) is 0 Å². The summed E-state index contributed by atoms with van der Waals surface area (Å²) in [4.78, 5) is 41.3. The van der Waals surface area contributed by atoms with Crippen molar-refractivity contribution >= 4 is 29.3 Å². The van der Waals surface area contributed by atoms with Gasteiger partial charge in [-0.05, 0) is 49.1 Å². The van der Waals surface area contributed by atoms with Crippen LogP contribution in [0.1, 0.15) is 28.6 Å². The van der Waals surface area contributed by atoms with Crippen LogP contribution in [0.5, 0.6) is 5.75 Å². The maximum atomic E-state index is 12.8. The van der Waals surface area contributed by atoms with Crippen LogP contribution in [0, 0.1) is 0 Å². The summed E-state index contributed by atoms with van der Waals surface area (Å²) in [5.74, 6) is 0.323. The minimum atomic E-state index is -0.772. The van der Waals surface area contributed by atoms with Gasteiger partial charge in [-0.25, -0.2) is 4.79 Å². The average molecular weight is 416 g/mol. The smallest absolute Gasteiger partial charge is 0.434 e. The predicted molar refractivity (Wildman–Crippen MR) is 109 cm³/mol. The highest BCUT2D eigenvalue weighted by Crippen LogP contribution is 2.16. The van der Waals surface area contributed by atoms with Crippen molar-refractivity contribution in [2.24, 2.45) is 0 Å². The van der Waals surface area contributed by atoms with Crippen molar-refractivity contribution in [1.82, 2.24) is 9.80 Å². The second kappa shape index (κ2) is 10.1. The Hall–Kier alpha value is -2.87. The monoisotopic (exact) mass is 416 g/mol. The molecule has 2 amide bonds. The molecule has 29 heavy (non-hydrogen) atoms. The van der Waals surface area contributed by atoms with E-state index in [4.69, 9.17) is 9.47 Å². The van der Waals surface area contributed by atoms with Gasteiger partial charge in [0.2, 0.25) is 5.91 Å². The fraction of sp³-hybridized carbons (Fsp3) is 0.381. The van der Waals surface area contributed by atoms with Crippen LogP contribution in [0.2, 0.25) is 0 Å². The zero-order chi connectivity index (χ0) is 20.6. The lowest BCUT2D eigenvalue weighted by Gasteiger charge is -2.22. The van der Waals surface area contributed by atoms with E-state index in [0.717, 1.165) is 11.3 Å². The van der Waals surface area contributed by atoms with Gasteiger partial charge in [0.25, 0.3) is 5.91 Å². The van der Waals surface area contributed by atoms with Crippen LogP contribution in [0.3, 0.4) is 0 Å². The molecule has 2 heterocycles. The molecule has 0 N–H and O–H groups in total. The lowest BCUT2D eigenvalue weighted by molar-refractivity contribution is -0.130. The van der Waals surface area contributed by atoms with Crippen molar-refractivity contribution in [3.05, 3.63) is 52.2 Å². The number of ether oxygens (including phenoxy) is 2. The number of carbonyl (C=O) groups excluding carboxylic acids is 3. The lowest BCUT2D eigenvalue weighted by atomic mass is 10.2. The summed E-state index contributed by atoms with van der Waals surface area (Å²) in [6, 6.07) is 10.3. The van der Waals surface area contributed by atoms with E-state index in [9.17, 15) is 14.4 Å². The average Bonchev–Trinajstić information content (AvgIpc) is 3.09. The summed E-state index contributed by atoms with van der Waals surface area (Å²) in [6.45, 7) is 4.21. The predicted octanol–water partition coefficient (Wildman–Crippen LogP) is 3.20. The van der Waals surface area contributed by atoms with Gasteiger partial charge in [-0.1, -0.05) is 6.07 Å². The highest BCUT2D eigenvalue weighted by molar-refractivity contribution is 7.10. The van der Waals surface area contributed by atoms with Gasteiger partial charge in [-0.2, -0.15) is 0 Å². The Morgan fingerprint density at radius 3 is 2.41 bits per heavy atom. The number of carbonyl (C=O) groups is 3. The van der Waals surface area contributed by atoms with Gasteiger partial charge < -0.3 is 19.3 Å². The molecule has 1 aliphatic rings. The number of hydrogen-bond donors (Lipinski definition) is 0. The summed E-state index contributed by atoms with van der Waals surface area (Å²) in [5.41, 5.74) is 0.513. The largest absolute Gasteiger partial charge is 0.513 e. The zero-order valence-electron chi connectivity index (χ0n) is 16.3. The molecule has 2 aromatic rings. The van der Waals surface area contributed by atoms with Gasteiger partial charge in [-0.3, -0.25) is 9.59 Å². The number of nitrogens with zero attached hydrogens (tertiary/aromatic N) is 2. The molecule has 8 heteroatoms. The molecule has 0 bridgehead atoms. The summed E-state index contributed by atoms with van der Waals surface area (Å²) < 4.78 is 9.74. The Labute approximate surface area is 173 Å². The highest BCUT2D eigenvalue weighted by atomic mass is 32.1. The SMILES string of the molecule is CCOC(=O)Oc1ccc(C(=O)N2CCCN(C(=O)Cc3cccs3)CC2)cc1. The maximum absolute atomic E-state index is 12.8. The van der Waals surface area contributed by atoms with Crippen molar-refractivity contribution in [3.63, 3.8) is 0 Å². The minimum Gasteiger partial charge on any atom is -0.434 e. The number of amides is 2. The van der Waals surface area contributed by atoms with Gasteiger partial charge in [-0.15, -0.1) is 11.3 Å². The molecular weight excluding hydrogens is 392 g/mol. The van der Waals surface area contributed by atoms with Gasteiger partial charge >= 0.3 is 6.16 Å². The summed E-state index contributed by atoms with van der Waals surface area (Å²) in [7, 11) is 0. The quantitative estimate of drug-likeness (QED) is 0.553. The Morgan fingerprint density at radius 1 is 1.00 bits per heavy atom. The lowest BCUT2D eigenvalue weighted by Crippen LogP contribution is -2.37. The number of thiophene rings is 1. The van der Waals surface area contributed by atoms with Crippen molar-refractivity contribution in [3.8, 4) is 5.75 Å². The first kappa shape index (κ1) is 20.9. The third-order valence-corrected chi connectivity index (χ3v) is 5.48. The number of benzene rings is 1. The molecule has 0 saturated carbocycles. The first-order valence-electron chi connectivity index (χ1n) is 9.61. The van der Waals surface area contributed by atoms with Crippen LogP contribution < -0.4 is 4.74 Å². The van der Waals surface area contributed by atoms with E-state index in [1.807, 2.05) is 22.4 Å². The Balaban J connectivity index is 1.54. The van der Waals surface area contributed by atoms with E-state index < -0.39 is 6.16 Å². The molecule has 0 atom stereocenters. The topological polar surface area (TPSA) is 76.2 Å². The van der Waals surface area contributed by atoms with E-state index in [0.29, 0.717) is 43.9 Å². The third kappa shape index (κ3) is 5.80. The second-order valence-electron chi connectivity index (χ2n) is 6.59. The molecule has 0 spiro atoms. The molecule has 0 unspecified atom stereocenters. The summed E-state index contributed by atoms with van der Waals surface area (Å²) >= 11 is 1.58. The van der Waals surface area contributed by atoms with Crippen molar-refractivity contribution in [2.75, 3.05) is 32.8 Å². The first-order chi connectivity index (χ1) is 14.1. The van der Waals surface area contributed by atoms with E-state index in [-0.39, 0.29) is 18.4 Å². The molecule has 0 aliphatic carbocycles. The molecule has 1 fully saturated rings. The Bertz CT molecular complexity index is 835. The van der Waals surface area contributed by atoms with Crippen molar-refractivity contribution in [1.29, 1.82) is 0 Å². The van der Waals surface area contributed by atoms with Gasteiger partial charge in [0, 0.05) is 36.6 Å².